The molecule has 0 bridgehead atoms. The van der Waals surface area contributed by atoms with Crippen molar-refractivity contribution in [3.05, 3.63) is 0 Å². The number of likely N-dealkylation sites (tertiary alicyclic amines) is 1. The fraction of sp³-hybridized carbons (Fsp3) is 1.00. The molecule has 1 aliphatic heterocycles. The van der Waals surface area contributed by atoms with Crippen molar-refractivity contribution in [2.75, 3.05) is 33.7 Å². The van der Waals surface area contributed by atoms with Crippen LogP contribution in [0.1, 0.15) is 13.8 Å². The molecule has 1 atom stereocenters. The van der Waals surface area contributed by atoms with Crippen LogP contribution >= 0.6 is 0 Å². The van der Waals surface area contributed by atoms with Crippen LogP contribution in [0.2, 0.25) is 0 Å². The second-order valence-electron chi connectivity index (χ2n) is 4.78. The van der Waals surface area contributed by atoms with E-state index in [2.05, 4.69) is 18.7 Å². The van der Waals surface area contributed by atoms with Gasteiger partial charge >= 0.3 is 0 Å². The molecule has 3 heteroatoms. The Balaban J connectivity index is 2.19. The standard InChI is InChI=1S/C9H20N2O/c1-9(2)6-11(7-9)5-8(12)10(3)4/h8,12H,5-7H2,1-4H3. The average molecular weight is 172 g/mol. The van der Waals surface area contributed by atoms with Gasteiger partial charge < -0.3 is 5.11 Å². The molecule has 0 aromatic rings. The van der Waals surface area contributed by atoms with Crippen LogP contribution in [0.15, 0.2) is 0 Å². The van der Waals surface area contributed by atoms with Crippen molar-refractivity contribution in [3.63, 3.8) is 0 Å². The van der Waals surface area contributed by atoms with Gasteiger partial charge in [0.05, 0.1) is 0 Å². The number of aliphatic hydroxyl groups excluding tert-OH is 1. The zero-order chi connectivity index (χ0) is 9.35. The molecule has 0 aliphatic carbocycles. The van der Waals surface area contributed by atoms with Gasteiger partial charge in [-0.05, 0) is 19.5 Å². The lowest BCUT2D eigenvalue weighted by Gasteiger charge is -2.47. The molecular formula is C9H20N2O. The van der Waals surface area contributed by atoms with Crippen LogP contribution in [0.5, 0.6) is 0 Å². The Hall–Kier alpha value is -0.120. The number of nitrogens with zero attached hydrogens (tertiary/aromatic N) is 2. The first kappa shape index (κ1) is 9.96. The van der Waals surface area contributed by atoms with Crippen molar-refractivity contribution < 1.29 is 5.11 Å². The lowest BCUT2D eigenvalue weighted by Crippen LogP contribution is -2.56. The molecule has 1 N–H and O–H groups in total. The molecule has 1 heterocycles. The number of hydrogen-bond donors (Lipinski definition) is 1. The molecule has 1 unspecified atom stereocenters. The summed E-state index contributed by atoms with van der Waals surface area (Å²) in [5, 5.41) is 9.52. The first-order valence-corrected chi connectivity index (χ1v) is 4.47. The van der Waals surface area contributed by atoms with E-state index in [0.29, 0.717) is 5.41 Å². The lowest BCUT2D eigenvalue weighted by molar-refractivity contribution is -0.0475. The summed E-state index contributed by atoms with van der Waals surface area (Å²) >= 11 is 0. The molecule has 3 nitrogen and oxygen atoms in total. The summed E-state index contributed by atoms with van der Waals surface area (Å²) in [5.74, 6) is 0. The monoisotopic (exact) mass is 172 g/mol. The maximum atomic E-state index is 9.52. The number of likely N-dealkylation sites (N-methyl/N-ethyl adjacent to an activating group) is 1. The molecule has 1 aliphatic rings. The maximum absolute atomic E-state index is 9.52. The van der Waals surface area contributed by atoms with E-state index in [0.717, 1.165) is 19.6 Å². The van der Waals surface area contributed by atoms with Gasteiger partial charge in [-0.25, -0.2) is 0 Å². The number of β-amino-alcohol motifs (C(OH)–C–C–N with tert-alkyl or cyclic N) is 1. The van der Waals surface area contributed by atoms with Crippen molar-refractivity contribution in [1.29, 1.82) is 0 Å². The van der Waals surface area contributed by atoms with Gasteiger partial charge in [-0.2, -0.15) is 0 Å². The molecule has 12 heavy (non-hydrogen) atoms. The minimum atomic E-state index is -0.318. The Morgan fingerprint density at radius 2 is 1.92 bits per heavy atom. The van der Waals surface area contributed by atoms with Crippen LogP contribution < -0.4 is 0 Å². The van der Waals surface area contributed by atoms with E-state index < -0.39 is 0 Å². The Morgan fingerprint density at radius 3 is 2.25 bits per heavy atom. The van der Waals surface area contributed by atoms with Gasteiger partial charge in [-0.1, -0.05) is 13.8 Å². The van der Waals surface area contributed by atoms with Gasteiger partial charge in [0, 0.05) is 19.6 Å². The van der Waals surface area contributed by atoms with Crippen LogP contribution in [0, 0.1) is 5.41 Å². The predicted octanol–water partition coefficient (Wildman–Crippen LogP) is 0.208. The quantitative estimate of drug-likeness (QED) is 0.616. The third kappa shape index (κ3) is 2.44. The normalized spacial score (nSPS) is 25.5. The minimum Gasteiger partial charge on any atom is -0.377 e. The number of rotatable bonds is 3. The van der Waals surface area contributed by atoms with Gasteiger partial charge in [-0.3, -0.25) is 9.80 Å². The minimum absolute atomic E-state index is 0.318. The summed E-state index contributed by atoms with van der Waals surface area (Å²) in [5.41, 5.74) is 0.464. The summed E-state index contributed by atoms with van der Waals surface area (Å²) in [6.45, 7) is 7.50. The van der Waals surface area contributed by atoms with E-state index in [1.807, 2.05) is 19.0 Å². The Bertz CT molecular complexity index is 149. The van der Waals surface area contributed by atoms with Crippen molar-refractivity contribution in [3.8, 4) is 0 Å². The van der Waals surface area contributed by atoms with Crippen LogP contribution in [-0.4, -0.2) is 54.9 Å². The zero-order valence-electron chi connectivity index (χ0n) is 8.54. The summed E-state index contributed by atoms with van der Waals surface area (Å²) in [6.07, 6.45) is -0.318. The van der Waals surface area contributed by atoms with Crippen molar-refractivity contribution >= 4 is 0 Å². The van der Waals surface area contributed by atoms with E-state index in [1.54, 1.807) is 0 Å². The second-order valence-corrected chi connectivity index (χ2v) is 4.78. The van der Waals surface area contributed by atoms with Crippen molar-refractivity contribution in [2.24, 2.45) is 5.41 Å². The summed E-state index contributed by atoms with van der Waals surface area (Å²) < 4.78 is 0. The molecule has 0 spiro atoms. The first-order valence-electron chi connectivity index (χ1n) is 4.47. The second kappa shape index (κ2) is 3.32. The fourth-order valence-corrected chi connectivity index (χ4v) is 1.69. The molecule has 1 saturated heterocycles. The highest BCUT2D eigenvalue weighted by molar-refractivity contribution is 4.88. The fourth-order valence-electron chi connectivity index (χ4n) is 1.69. The van der Waals surface area contributed by atoms with E-state index >= 15 is 0 Å². The predicted molar refractivity (Wildman–Crippen MR) is 49.9 cm³/mol. The van der Waals surface area contributed by atoms with Crippen molar-refractivity contribution in [1.82, 2.24) is 9.80 Å². The number of aliphatic hydroxyl groups is 1. The molecule has 1 rings (SSSR count). The molecule has 1 fully saturated rings. The van der Waals surface area contributed by atoms with Gasteiger partial charge in [0.15, 0.2) is 0 Å². The van der Waals surface area contributed by atoms with Gasteiger partial charge in [0.25, 0.3) is 0 Å². The average Bonchev–Trinajstić information content (AvgIpc) is 1.83. The van der Waals surface area contributed by atoms with Gasteiger partial charge in [-0.15, -0.1) is 0 Å². The van der Waals surface area contributed by atoms with E-state index in [1.165, 1.54) is 0 Å². The highest BCUT2D eigenvalue weighted by Gasteiger charge is 2.34. The molecule has 0 saturated carbocycles. The molecular weight excluding hydrogens is 152 g/mol. The highest BCUT2D eigenvalue weighted by atomic mass is 16.3. The third-order valence-corrected chi connectivity index (χ3v) is 2.32. The van der Waals surface area contributed by atoms with Gasteiger partial charge in [0.2, 0.25) is 0 Å². The van der Waals surface area contributed by atoms with E-state index in [-0.39, 0.29) is 6.23 Å². The zero-order valence-corrected chi connectivity index (χ0v) is 8.54. The Morgan fingerprint density at radius 1 is 1.42 bits per heavy atom. The van der Waals surface area contributed by atoms with Crippen LogP contribution in [0.25, 0.3) is 0 Å². The summed E-state index contributed by atoms with van der Waals surface area (Å²) in [4.78, 5) is 4.12. The SMILES string of the molecule is CN(C)C(O)CN1CC(C)(C)C1. The maximum Gasteiger partial charge on any atom is 0.119 e. The molecule has 72 valence electrons. The molecule has 0 radical (unpaired) electrons. The van der Waals surface area contributed by atoms with Crippen molar-refractivity contribution in [2.45, 2.75) is 20.1 Å². The smallest absolute Gasteiger partial charge is 0.119 e. The lowest BCUT2D eigenvalue weighted by atomic mass is 9.84. The van der Waals surface area contributed by atoms with E-state index in [9.17, 15) is 5.11 Å². The van der Waals surface area contributed by atoms with Gasteiger partial charge in [0.1, 0.15) is 6.23 Å². The topological polar surface area (TPSA) is 26.7 Å². The third-order valence-electron chi connectivity index (χ3n) is 2.32. The summed E-state index contributed by atoms with van der Waals surface area (Å²) in [7, 11) is 3.80. The molecule has 0 aromatic heterocycles. The molecule has 0 amide bonds. The van der Waals surface area contributed by atoms with E-state index in [4.69, 9.17) is 0 Å². The summed E-state index contributed by atoms with van der Waals surface area (Å²) in [6, 6.07) is 0. The first-order chi connectivity index (χ1) is 5.41. The van der Waals surface area contributed by atoms with Crippen LogP contribution in [0.4, 0.5) is 0 Å². The largest absolute Gasteiger partial charge is 0.377 e. The Kier molecular flexibility index (Phi) is 2.76. The highest BCUT2D eigenvalue weighted by Crippen LogP contribution is 2.28. The molecule has 0 aromatic carbocycles. The number of hydrogen-bond acceptors (Lipinski definition) is 3. The Labute approximate surface area is 75.0 Å². The van der Waals surface area contributed by atoms with Crippen LogP contribution in [-0.2, 0) is 0 Å². The van der Waals surface area contributed by atoms with Crippen LogP contribution in [0.3, 0.4) is 0 Å².